The van der Waals surface area contributed by atoms with Crippen LogP contribution in [0.15, 0.2) is 15.8 Å². The van der Waals surface area contributed by atoms with E-state index < -0.39 is 20.9 Å². The van der Waals surface area contributed by atoms with Crippen LogP contribution in [-0.4, -0.2) is 20.9 Å². The van der Waals surface area contributed by atoms with Crippen LogP contribution in [-0.2, 0) is 0 Å². The standard InChI is InChI=1S/CH4N6O6/c8-2-5(11)1(6(12)3-9)7(13)4-10/h1,8-10H/p-3/b5-2-,6-3-,7-4-. The fourth-order valence-electron chi connectivity index (χ4n) is 0.380. The first-order valence-electron chi connectivity index (χ1n) is 2.47. The van der Waals surface area contributed by atoms with E-state index in [0.29, 0.717) is 0 Å². The third-order valence-corrected chi connectivity index (χ3v) is 0.834. The minimum Gasteiger partial charge on any atom is -0.739 e. The average molecular weight is 193 g/mol. The molecule has 0 spiro atoms. The SMILES string of the molecule is [O-]/N=[N+](\[O-])C(/[N+]([O-])=N/[O-])/[N+]([O-])=N/[O-]. The van der Waals surface area contributed by atoms with Crippen molar-refractivity contribution >= 4 is 0 Å². The van der Waals surface area contributed by atoms with Gasteiger partial charge in [-0.05, 0) is 15.8 Å². The highest BCUT2D eigenvalue weighted by Gasteiger charge is 2.37. The summed E-state index contributed by atoms with van der Waals surface area (Å²) in [7, 11) is 0. The van der Waals surface area contributed by atoms with Gasteiger partial charge in [0, 0.05) is 14.6 Å². The molecule has 13 heavy (non-hydrogen) atoms. The van der Waals surface area contributed by atoms with Gasteiger partial charge < -0.3 is 31.2 Å². The molecule has 0 aliphatic heterocycles. The van der Waals surface area contributed by atoms with Crippen LogP contribution in [0, 0.1) is 31.2 Å². The molecule has 0 unspecified atom stereocenters. The Labute approximate surface area is 69.2 Å². The Morgan fingerprint density at radius 2 is 0.923 bits per heavy atom. The third-order valence-electron chi connectivity index (χ3n) is 0.834. The Hall–Kier alpha value is -2.40. The Morgan fingerprint density at radius 1 is 0.692 bits per heavy atom. The molecule has 0 rings (SSSR count). The van der Waals surface area contributed by atoms with Crippen molar-refractivity contribution in [1.82, 2.24) is 0 Å². The lowest BCUT2D eigenvalue weighted by Crippen LogP contribution is -2.37. The summed E-state index contributed by atoms with van der Waals surface area (Å²) in [5.74, 6) is 0. The van der Waals surface area contributed by atoms with E-state index >= 15 is 0 Å². The van der Waals surface area contributed by atoms with Gasteiger partial charge in [0.15, 0.2) is 0 Å². The second kappa shape index (κ2) is 4.47. The van der Waals surface area contributed by atoms with Gasteiger partial charge in [0.05, 0.1) is 0 Å². The number of hydroxylamine groups is 3. The smallest absolute Gasteiger partial charge is 0.636 e. The maximum absolute atomic E-state index is 10.3. The quantitative estimate of drug-likeness (QED) is 0.255. The Bertz CT molecular complexity index is 213. The van der Waals surface area contributed by atoms with Crippen LogP contribution < -0.4 is 0 Å². The minimum absolute atomic E-state index is 1.04. The lowest BCUT2D eigenvalue weighted by molar-refractivity contribution is -0.945. The van der Waals surface area contributed by atoms with Crippen LogP contribution in [0.5, 0.6) is 0 Å². The van der Waals surface area contributed by atoms with E-state index in [1.54, 1.807) is 15.8 Å². The van der Waals surface area contributed by atoms with Gasteiger partial charge in [0.2, 0.25) is 0 Å². The second-order valence-electron chi connectivity index (χ2n) is 1.50. The Morgan fingerprint density at radius 3 is 1.08 bits per heavy atom. The number of rotatable bonds is 3. The van der Waals surface area contributed by atoms with Crippen molar-refractivity contribution in [3.05, 3.63) is 31.2 Å². The first-order chi connectivity index (χ1) is 6.08. The number of hydrogen-bond acceptors (Lipinski definition) is 9. The Kier molecular flexibility index (Phi) is 3.65. The predicted octanol–water partition coefficient (Wildman–Crippen LogP) is -0.349. The van der Waals surface area contributed by atoms with Crippen LogP contribution >= 0.6 is 0 Å². The second-order valence-corrected chi connectivity index (χ2v) is 1.50. The highest BCUT2D eigenvalue weighted by molar-refractivity contribution is 4.23. The van der Waals surface area contributed by atoms with Gasteiger partial charge in [-0.1, -0.05) is 0 Å². The van der Waals surface area contributed by atoms with Gasteiger partial charge >= 0.3 is 6.29 Å². The maximum Gasteiger partial charge on any atom is 0.636 e. The topological polar surface area (TPSA) is 184 Å². The summed E-state index contributed by atoms with van der Waals surface area (Å²) >= 11 is 0. The van der Waals surface area contributed by atoms with Crippen molar-refractivity contribution in [3.8, 4) is 0 Å². The molecule has 0 radical (unpaired) electrons. The molecule has 0 amide bonds. The van der Waals surface area contributed by atoms with Crippen molar-refractivity contribution in [3.63, 3.8) is 0 Å². The molecule has 0 heterocycles. The van der Waals surface area contributed by atoms with Crippen molar-refractivity contribution < 1.29 is 14.6 Å². The summed E-state index contributed by atoms with van der Waals surface area (Å²) in [6.45, 7) is 0. The highest BCUT2D eigenvalue weighted by Crippen LogP contribution is 1.97. The molecule has 0 saturated heterocycles. The van der Waals surface area contributed by atoms with Gasteiger partial charge in [-0.2, -0.15) is 0 Å². The first kappa shape index (κ1) is 10.6. The largest absolute Gasteiger partial charge is 0.739 e. The van der Waals surface area contributed by atoms with E-state index in [1.807, 2.05) is 0 Å². The van der Waals surface area contributed by atoms with Crippen LogP contribution in [0.2, 0.25) is 0 Å². The van der Waals surface area contributed by atoms with E-state index in [1.165, 1.54) is 0 Å². The third kappa shape index (κ3) is 2.28. The van der Waals surface area contributed by atoms with E-state index in [4.69, 9.17) is 0 Å². The average Bonchev–Trinajstić information content (AvgIpc) is 2.16. The van der Waals surface area contributed by atoms with E-state index in [-0.39, 0.29) is 0 Å². The minimum atomic E-state index is -2.67. The van der Waals surface area contributed by atoms with Crippen LogP contribution in [0.1, 0.15) is 0 Å². The molecule has 0 bridgehead atoms. The van der Waals surface area contributed by atoms with Crippen molar-refractivity contribution in [1.29, 1.82) is 0 Å². The molecule has 0 aliphatic carbocycles. The summed E-state index contributed by atoms with van der Waals surface area (Å²) in [6.07, 6.45) is -2.67. The molecule has 0 aliphatic rings. The zero-order valence-electron chi connectivity index (χ0n) is 5.71. The zero-order chi connectivity index (χ0) is 10.4. The van der Waals surface area contributed by atoms with Crippen molar-refractivity contribution in [2.24, 2.45) is 15.8 Å². The van der Waals surface area contributed by atoms with Gasteiger partial charge in [-0.25, -0.2) is 0 Å². The fraction of sp³-hybridized carbons (Fsp3) is 1.00. The molecule has 0 atom stereocenters. The zero-order valence-corrected chi connectivity index (χ0v) is 5.71. The lowest BCUT2D eigenvalue weighted by atomic mass is 10.9. The van der Waals surface area contributed by atoms with Crippen LogP contribution in [0.3, 0.4) is 0 Å². The summed E-state index contributed by atoms with van der Waals surface area (Å²) in [4.78, 5) is -3.12. The summed E-state index contributed by atoms with van der Waals surface area (Å²) in [5.41, 5.74) is 0. The summed E-state index contributed by atoms with van der Waals surface area (Å²) in [6, 6.07) is 0. The molecule has 0 fully saturated rings. The van der Waals surface area contributed by atoms with Crippen LogP contribution in [0.4, 0.5) is 0 Å². The van der Waals surface area contributed by atoms with E-state index in [0.717, 1.165) is 0 Å². The molecule has 0 aromatic carbocycles. The maximum atomic E-state index is 10.3. The lowest BCUT2D eigenvalue weighted by Gasteiger charge is -2.09. The number of nitrogens with zero attached hydrogens (tertiary/aromatic N) is 6. The molecule has 0 saturated carbocycles. The van der Waals surface area contributed by atoms with Crippen molar-refractivity contribution in [2.75, 3.05) is 0 Å². The molecule has 12 nitrogen and oxygen atoms in total. The molecular weight excluding hydrogens is 192 g/mol. The van der Waals surface area contributed by atoms with Gasteiger partial charge in [0.1, 0.15) is 0 Å². The fourth-order valence-corrected chi connectivity index (χ4v) is 0.380. The predicted molar refractivity (Wildman–Crippen MR) is 32.1 cm³/mol. The van der Waals surface area contributed by atoms with Crippen molar-refractivity contribution in [2.45, 2.75) is 6.29 Å². The first-order valence-corrected chi connectivity index (χ1v) is 2.47. The van der Waals surface area contributed by atoms with Gasteiger partial charge in [-0.15, -0.1) is 0 Å². The summed E-state index contributed by atoms with van der Waals surface area (Å²) < 4.78 is 0. The highest BCUT2D eigenvalue weighted by atomic mass is 16.7. The molecule has 0 N–H and O–H groups in total. The molecule has 74 valence electrons. The van der Waals surface area contributed by atoms with E-state index in [2.05, 4.69) is 0 Å². The monoisotopic (exact) mass is 193 g/mol. The van der Waals surface area contributed by atoms with E-state index in [9.17, 15) is 31.2 Å². The molecule has 0 aromatic rings. The summed E-state index contributed by atoms with van der Waals surface area (Å²) in [5, 5.41) is 64.1. The van der Waals surface area contributed by atoms with Gasteiger partial charge in [-0.3, -0.25) is 0 Å². The normalized spacial score (nSPS) is 15.0. The van der Waals surface area contributed by atoms with Gasteiger partial charge in [0.25, 0.3) is 0 Å². The molecule has 12 heteroatoms. The molecule has 0 aromatic heterocycles. The van der Waals surface area contributed by atoms with Crippen LogP contribution in [0.25, 0.3) is 0 Å². The Balaban J connectivity index is 4.99. The molecular formula is CHN6O6-3. The number of hydrogen-bond donors (Lipinski definition) is 0.